The van der Waals surface area contributed by atoms with Crippen LogP contribution in [0, 0.1) is 11.3 Å². The first-order valence-electron chi connectivity index (χ1n) is 12.2. The van der Waals surface area contributed by atoms with Crippen molar-refractivity contribution in [2.24, 2.45) is 0 Å². The first kappa shape index (κ1) is 25.3. The van der Waals surface area contributed by atoms with Crippen LogP contribution >= 0.6 is 11.3 Å². The molecule has 2 aromatic carbocycles. The van der Waals surface area contributed by atoms with E-state index in [-0.39, 0.29) is 18.4 Å². The van der Waals surface area contributed by atoms with Crippen LogP contribution in [0.25, 0.3) is 0 Å². The van der Waals surface area contributed by atoms with Crippen LogP contribution in [-0.2, 0) is 30.6 Å². The number of ether oxygens (including phenoxy) is 1. The van der Waals surface area contributed by atoms with Crippen LogP contribution in [0.1, 0.15) is 40.5 Å². The third-order valence-electron chi connectivity index (χ3n) is 6.14. The maximum absolute atomic E-state index is 12.7. The van der Waals surface area contributed by atoms with E-state index in [4.69, 9.17) is 4.74 Å². The van der Waals surface area contributed by atoms with E-state index in [2.05, 4.69) is 16.7 Å². The van der Waals surface area contributed by atoms with Gasteiger partial charge >= 0.3 is 6.03 Å². The fourth-order valence-corrected chi connectivity index (χ4v) is 5.53. The molecule has 3 amide bonds. The van der Waals surface area contributed by atoms with Gasteiger partial charge in [0, 0.05) is 24.4 Å². The van der Waals surface area contributed by atoms with E-state index in [0.717, 1.165) is 28.2 Å². The minimum Gasteiger partial charge on any atom is -0.494 e. The van der Waals surface area contributed by atoms with E-state index in [1.807, 2.05) is 61.5 Å². The Kier molecular flexibility index (Phi) is 8.58. The van der Waals surface area contributed by atoms with Gasteiger partial charge in [-0.25, -0.2) is 4.79 Å². The number of carbonyl (C=O) groups is 2. The number of rotatable bonds is 9. The normalized spacial score (nSPS) is 12.4. The highest BCUT2D eigenvalue weighted by Gasteiger charge is 2.27. The summed E-state index contributed by atoms with van der Waals surface area (Å²) in [5.74, 6) is 0.645. The first-order chi connectivity index (χ1) is 17.6. The summed E-state index contributed by atoms with van der Waals surface area (Å²) >= 11 is 1.39. The molecule has 0 aliphatic carbocycles. The largest absolute Gasteiger partial charge is 0.494 e. The number of para-hydroxylation sites is 1. The summed E-state index contributed by atoms with van der Waals surface area (Å²) in [6.07, 6.45) is 2.20. The number of aryl methyl sites for hydroxylation is 1. The molecule has 0 saturated carbocycles. The van der Waals surface area contributed by atoms with E-state index in [0.29, 0.717) is 49.6 Å². The molecule has 3 aromatic rings. The number of benzene rings is 2. The lowest BCUT2D eigenvalue weighted by Crippen LogP contribution is -2.43. The average Bonchev–Trinajstić information content (AvgIpc) is 3.24. The van der Waals surface area contributed by atoms with Crippen LogP contribution in [0.3, 0.4) is 0 Å². The Bertz CT molecular complexity index is 1250. The molecule has 0 radical (unpaired) electrons. The van der Waals surface area contributed by atoms with Crippen molar-refractivity contribution in [3.05, 3.63) is 81.7 Å². The van der Waals surface area contributed by atoms with Gasteiger partial charge in [-0.1, -0.05) is 48.5 Å². The smallest absolute Gasteiger partial charge is 0.317 e. The van der Waals surface area contributed by atoms with Crippen LogP contribution in [0.4, 0.5) is 9.80 Å². The SMILES string of the molecule is CCOc1ccccc1CCC(=O)Nc1sc2c(c1C#N)CCN(C(=O)NCCc1ccccc1)C2. The molecule has 0 bridgehead atoms. The Morgan fingerprint density at radius 2 is 1.89 bits per heavy atom. The third-order valence-corrected chi connectivity index (χ3v) is 7.27. The second-order valence-corrected chi connectivity index (χ2v) is 9.65. The molecule has 0 saturated heterocycles. The number of amides is 3. The molecule has 0 unspecified atom stereocenters. The number of nitrogens with zero attached hydrogens (tertiary/aromatic N) is 2. The number of hydrogen-bond acceptors (Lipinski definition) is 5. The monoisotopic (exact) mass is 502 g/mol. The van der Waals surface area contributed by atoms with E-state index >= 15 is 0 Å². The van der Waals surface area contributed by atoms with Gasteiger partial charge in [-0.3, -0.25) is 4.79 Å². The van der Waals surface area contributed by atoms with Crippen LogP contribution < -0.4 is 15.4 Å². The Morgan fingerprint density at radius 1 is 1.11 bits per heavy atom. The highest BCUT2D eigenvalue weighted by atomic mass is 32.1. The predicted molar refractivity (Wildman–Crippen MR) is 141 cm³/mol. The summed E-state index contributed by atoms with van der Waals surface area (Å²) < 4.78 is 5.65. The average molecular weight is 503 g/mol. The van der Waals surface area contributed by atoms with Gasteiger partial charge in [-0.2, -0.15) is 5.26 Å². The molecule has 1 aliphatic heterocycles. The topological polar surface area (TPSA) is 94.5 Å². The van der Waals surface area contributed by atoms with Gasteiger partial charge in [-0.15, -0.1) is 11.3 Å². The van der Waals surface area contributed by atoms with Crippen LogP contribution in [0.5, 0.6) is 5.75 Å². The number of hydrogen-bond donors (Lipinski definition) is 2. The lowest BCUT2D eigenvalue weighted by atomic mass is 10.0. The minimum absolute atomic E-state index is 0.109. The van der Waals surface area contributed by atoms with Gasteiger partial charge in [0.15, 0.2) is 0 Å². The van der Waals surface area contributed by atoms with E-state index in [1.165, 1.54) is 16.9 Å². The number of anilines is 1. The van der Waals surface area contributed by atoms with Crippen molar-refractivity contribution in [3.8, 4) is 11.8 Å². The molecule has 0 atom stereocenters. The van der Waals surface area contributed by atoms with Gasteiger partial charge in [0.25, 0.3) is 0 Å². The fourth-order valence-electron chi connectivity index (χ4n) is 4.30. The molecule has 0 fully saturated rings. The predicted octanol–water partition coefficient (Wildman–Crippen LogP) is 4.90. The Hall–Kier alpha value is -3.83. The van der Waals surface area contributed by atoms with Gasteiger partial charge in [0.1, 0.15) is 16.8 Å². The van der Waals surface area contributed by atoms with Crippen molar-refractivity contribution >= 4 is 28.3 Å². The molecule has 8 heteroatoms. The Morgan fingerprint density at radius 3 is 2.67 bits per heavy atom. The first-order valence-corrected chi connectivity index (χ1v) is 13.0. The highest BCUT2D eigenvalue weighted by Crippen LogP contribution is 2.36. The molecule has 1 aromatic heterocycles. The zero-order valence-corrected chi connectivity index (χ0v) is 21.2. The second kappa shape index (κ2) is 12.2. The highest BCUT2D eigenvalue weighted by molar-refractivity contribution is 7.16. The standard InChI is InChI=1S/C28H30N4O3S/c1-2-35-24-11-7-6-10-21(24)12-13-26(33)31-27-23(18-29)22-15-17-32(19-25(22)36-27)28(34)30-16-14-20-8-4-3-5-9-20/h3-11H,2,12-17,19H2,1H3,(H,30,34)(H,31,33). The lowest BCUT2D eigenvalue weighted by molar-refractivity contribution is -0.116. The van der Waals surface area contributed by atoms with Gasteiger partial charge in [-0.05, 0) is 48.9 Å². The molecule has 2 heterocycles. The van der Waals surface area contributed by atoms with Crippen molar-refractivity contribution < 1.29 is 14.3 Å². The molecule has 7 nitrogen and oxygen atoms in total. The molecule has 186 valence electrons. The minimum atomic E-state index is -0.146. The molecule has 2 N–H and O–H groups in total. The third kappa shape index (κ3) is 6.23. The molecule has 4 rings (SSSR count). The van der Waals surface area contributed by atoms with Crippen LogP contribution in [-0.4, -0.2) is 36.5 Å². The number of thiophene rings is 1. The molecule has 36 heavy (non-hydrogen) atoms. The number of fused-ring (bicyclic) bond motifs is 1. The van der Waals surface area contributed by atoms with Crippen molar-refractivity contribution in [3.63, 3.8) is 0 Å². The molecular weight excluding hydrogens is 472 g/mol. The van der Waals surface area contributed by atoms with E-state index in [1.54, 1.807) is 4.90 Å². The van der Waals surface area contributed by atoms with Gasteiger partial charge in [0.2, 0.25) is 5.91 Å². The van der Waals surface area contributed by atoms with Crippen molar-refractivity contribution in [2.75, 3.05) is 25.0 Å². The number of nitrogens with one attached hydrogen (secondary N) is 2. The summed E-state index contributed by atoms with van der Waals surface area (Å²) in [5.41, 5.74) is 3.61. The summed E-state index contributed by atoms with van der Waals surface area (Å²) in [7, 11) is 0. The Balaban J connectivity index is 1.34. The number of carbonyl (C=O) groups excluding carboxylic acids is 2. The Labute approximate surface area is 215 Å². The van der Waals surface area contributed by atoms with E-state index < -0.39 is 0 Å². The molecule has 1 aliphatic rings. The molecular formula is C28H30N4O3S. The second-order valence-electron chi connectivity index (χ2n) is 8.55. The number of urea groups is 1. The summed E-state index contributed by atoms with van der Waals surface area (Å²) in [6.45, 7) is 4.03. The maximum Gasteiger partial charge on any atom is 0.317 e. The quantitative estimate of drug-likeness (QED) is 0.435. The lowest BCUT2D eigenvalue weighted by Gasteiger charge is -2.27. The summed E-state index contributed by atoms with van der Waals surface area (Å²) in [4.78, 5) is 28.1. The van der Waals surface area contributed by atoms with Crippen LogP contribution in [0.15, 0.2) is 54.6 Å². The number of nitriles is 1. The maximum atomic E-state index is 12.7. The van der Waals surface area contributed by atoms with E-state index in [9.17, 15) is 14.9 Å². The fraction of sp³-hybridized carbons (Fsp3) is 0.321. The zero-order chi connectivity index (χ0) is 25.3. The summed E-state index contributed by atoms with van der Waals surface area (Å²) in [6, 6.07) is 19.9. The zero-order valence-electron chi connectivity index (χ0n) is 20.4. The van der Waals surface area contributed by atoms with Crippen molar-refractivity contribution in [2.45, 2.75) is 39.2 Å². The summed E-state index contributed by atoms with van der Waals surface area (Å²) in [5, 5.41) is 16.3. The van der Waals surface area contributed by atoms with Gasteiger partial charge < -0.3 is 20.3 Å². The molecule has 0 spiro atoms. The van der Waals surface area contributed by atoms with Crippen molar-refractivity contribution in [1.82, 2.24) is 10.2 Å². The van der Waals surface area contributed by atoms with Crippen LogP contribution in [0.2, 0.25) is 0 Å². The van der Waals surface area contributed by atoms with Crippen molar-refractivity contribution in [1.29, 1.82) is 5.26 Å². The van der Waals surface area contributed by atoms with Gasteiger partial charge in [0.05, 0.1) is 18.7 Å².